The molecular formula is C15H24N2O2. The smallest absolute Gasteiger partial charge is 0.253 e. The highest BCUT2D eigenvalue weighted by Crippen LogP contribution is 2.15. The first-order valence-corrected chi connectivity index (χ1v) is 6.72. The highest BCUT2D eigenvalue weighted by molar-refractivity contribution is 5.94. The third-order valence-electron chi connectivity index (χ3n) is 2.82. The molecule has 19 heavy (non-hydrogen) atoms. The Kier molecular flexibility index (Phi) is 6.36. The fourth-order valence-corrected chi connectivity index (χ4v) is 1.94. The molecule has 0 atom stereocenters. The quantitative estimate of drug-likeness (QED) is 0.821. The van der Waals surface area contributed by atoms with Gasteiger partial charge in [0, 0.05) is 18.7 Å². The second-order valence-electron chi connectivity index (χ2n) is 5.02. The largest absolute Gasteiger partial charge is 0.497 e. The molecule has 4 heteroatoms. The Hall–Kier alpha value is -1.55. The van der Waals surface area contributed by atoms with Crippen molar-refractivity contribution in [2.45, 2.75) is 20.3 Å². The van der Waals surface area contributed by atoms with Gasteiger partial charge in [-0.3, -0.25) is 4.79 Å². The first kappa shape index (κ1) is 15.5. The number of nitrogens with zero attached hydrogens (tertiary/aromatic N) is 1. The third-order valence-corrected chi connectivity index (χ3v) is 2.82. The number of carbonyl (C=O) groups is 1. The average molecular weight is 264 g/mol. The number of methoxy groups -OCH3 is 1. The highest BCUT2D eigenvalue weighted by Gasteiger charge is 2.16. The van der Waals surface area contributed by atoms with Crippen LogP contribution in [0.2, 0.25) is 0 Å². The van der Waals surface area contributed by atoms with Crippen LogP contribution >= 0.6 is 0 Å². The maximum absolute atomic E-state index is 12.5. The monoisotopic (exact) mass is 264 g/mol. The third kappa shape index (κ3) is 4.91. The zero-order valence-electron chi connectivity index (χ0n) is 12.1. The summed E-state index contributed by atoms with van der Waals surface area (Å²) in [6, 6.07) is 7.27. The van der Waals surface area contributed by atoms with E-state index in [1.807, 2.05) is 23.1 Å². The Balaban J connectivity index is 2.84. The van der Waals surface area contributed by atoms with Crippen molar-refractivity contribution in [1.82, 2.24) is 4.90 Å². The molecule has 0 spiro atoms. The minimum Gasteiger partial charge on any atom is -0.497 e. The van der Waals surface area contributed by atoms with E-state index >= 15 is 0 Å². The van der Waals surface area contributed by atoms with Gasteiger partial charge < -0.3 is 15.4 Å². The maximum atomic E-state index is 12.5. The molecule has 0 saturated heterocycles. The summed E-state index contributed by atoms with van der Waals surface area (Å²) in [7, 11) is 1.60. The number of carbonyl (C=O) groups excluding carboxylic acids is 1. The van der Waals surface area contributed by atoms with Crippen molar-refractivity contribution in [2.75, 3.05) is 26.7 Å². The molecule has 0 saturated carbocycles. The number of nitrogens with two attached hydrogens (primary N) is 1. The van der Waals surface area contributed by atoms with Gasteiger partial charge in [0.1, 0.15) is 5.75 Å². The van der Waals surface area contributed by atoms with E-state index in [4.69, 9.17) is 10.5 Å². The Bertz CT molecular complexity index is 405. The van der Waals surface area contributed by atoms with Crippen molar-refractivity contribution in [3.63, 3.8) is 0 Å². The van der Waals surface area contributed by atoms with E-state index in [9.17, 15) is 4.79 Å². The Morgan fingerprint density at radius 3 is 2.74 bits per heavy atom. The van der Waals surface area contributed by atoms with Crippen molar-refractivity contribution >= 4 is 5.91 Å². The lowest BCUT2D eigenvalue weighted by Crippen LogP contribution is -2.35. The molecule has 1 aromatic carbocycles. The van der Waals surface area contributed by atoms with Crippen LogP contribution in [0.5, 0.6) is 5.75 Å². The molecule has 1 aromatic rings. The van der Waals surface area contributed by atoms with Gasteiger partial charge in [0.2, 0.25) is 0 Å². The normalized spacial score (nSPS) is 10.6. The van der Waals surface area contributed by atoms with Crippen LogP contribution in [0.25, 0.3) is 0 Å². The van der Waals surface area contributed by atoms with Crippen LogP contribution in [0.15, 0.2) is 24.3 Å². The summed E-state index contributed by atoms with van der Waals surface area (Å²) in [5, 5.41) is 0. The number of amides is 1. The topological polar surface area (TPSA) is 55.6 Å². The predicted octanol–water partition coefficient (Wildman–Crippen LogP) is 2.14. The molecule has 0 aliphatic rings. The number of ether oxygens (including phenoxy) is 1. The molecular weight excluding hydrogens is 240 g/mol. The van der Waals surface area contributed by atoms with E-state index in [-0.39, 0.29) is 5.91 Å². The number of hydrogen-bond acceptors (Lipinski definition) is 3. The minimum atomic E-state index is 0.0426. The van der Waals surface area contributed by atoms with Crippen LogP contribution in [0.3, 0.4) is 0 Å². The molecule has 0 heterocycles. The van der Waals surface area contributed by atoms with Crippen LogP contribution in [0.1, 0.15) is 30.6 Å². The number of benzene rings is 1. The van der Waals surface area contributed by atoms with Crippen molar-refractivity contribution in [3.05, 3.63) is 29.8 Å². The van der Waals surface area contributed by atoms with Crippen molar-refractivity contribution in [2.24, 2.45) is 11.7 Å². The van der Waals surface area contributed by atoms with Crippen LogP contribution in [-0.4, -0.2) is 37.6 Å². The molecule has 4 nitrogen and oxygen atoms in total. The number of hydrogen-bond donors (Lipinski definition) is 1. The molecule has 0 radical (unpaired) electrons. The summed E-state index contributed by atoms with van der Waals surface area (Å²) in [4.78, 5) is 14.4. The first-order chi connectivity index (χ1) is 9.08. The van der Waals surface area contributed by atoms with Crippen molar-refractivity contribution < 1.29 is 9.53 Å². The molecule has 0 aliphatic carbocycles. The lowest BCUT2D eigenvalue weighted by molar-refractivity contribution is 0.0735. The molecule has 1 rings (SSSR count). The summed E-state index contributed by atoms with van der Waals surface area (Å²) in [6.45, 7) is 6.25. The lowest BCUT2D eigenvalue weighted by Gasteiger charge is -2.24. The van der Waals surface area contributed by atoms with Crippen LogP contribution in [-0.2, 0) is 0 Å². The molecule has 106 valence electrons. The van der Waals surface area contributed by atoms with Gasteiger partial charge in [0.05, 0.1) is 7.11 Å². The maximum Gasteiger partial charge on any atom is 0.253 e. The van der Waals surface area contributed by atoms with Crippen molar-refractivity contribution in [1.29, 1.82) is 0 Å². The first-order valence-electron chi connectivity index (χ1n) is 6.72. The summed E-state index contributed by atoms with van der Waals surface area (Å²) in [5.41, 5.74) is 6.20. The van der Waals surface area contributed by atoms with E-state index in [1.54, 1.807) is 13.2 Å². The Morgan fingerprint density at radius 2 is 2.16 bits per heavy atom. The van der Waals surface area contributed by atoms with Gasteiger partial charge in [-0.2, -0.15) is 0 Å². The van der Waals surface area contributed by atoms with Crippen LogP contribution in [0.4, 0.5) is 0 Å². The van der Waals surface area contributed by atoms with Gasteiger partial charge in [-0.05, 0) is 37.1 Å². The summed E-state index contributed by atoms with van der Waals surface area (Å²) < 4.78 is 5.16. The van der Waals surface area contributed by atoms with Gasteiger partial charge in [-0.1, -0.05) is 19.9 Å². The predicted molar refractivity (Wildman–Crippen MR) is 77.4 cm³/mol. The fraction of sp³-hybridized carbons (Fsp3) is 0.533. The second-order valence-corrected chi connectivity index (χ2v) is 5.02. The van der Waals surface area contributed by atoms with E-state index in [0.29, 0.717) is 30.3 Å². The molecule has 0 unspecified atom stereocenters. The molecule has 0 aromatic heterocycles. The second kappa shape index (κ2) is 7.79. The minimum absolute atomic E-state index is 0.0426. The molecule has 0 fully saturated rings. The Labute approximate surface area is 115 Å². The molecule has 0 aliphatic heterocycles. The van der Waals surface area contributed by atoms with E-state index in [2.05, 4.69) is 13.8 Å². The molecule has 1 amide bonds. The summed E-state index contributed by atoms with van der Waals surface area (Å²) >= 11 is 0. The number of rotatable bonds is 7. The van der Waals surface area contributed by atoms with E-state index in [0.717, 1.165) is 13.0 Å². The lowest BCUT2D eigenvalue weighted by atomic mass is 10.1. The van der Waals surface area contributed by atoms with Crippen LogP contribution < -0.4 is 10.5 Å². The van der Waals surface area contributed by atoms with Crippen molar-refractivity contribution in [3.8, 4) is 5.75 Å². The van der Waals surface area contributed by atoms with E-state index < -0.39 is 0 Å². The molecule has 0 bridgehead atoms. The zero-order chi connectivity index (χ0) is 14.3. The van der Waals surface area contributed by atoms with Gasteiger partial charge in [-0.15, -0.1) is 0 Å². The van der Waals surface area contributed by atoms with Gasteiger partial charge >= 0.3 is 0 Å². The Morgan fingerprint density at radius 1 is 1.42 bits per heavy atom. The fourth-order valence-electron chi connectivity index (χ4n) is 1.94. The van der Waals surface area contributed by atoms with Gasteiger partial charge in [0.15, 0.2) is 0 Å². The highest BCUT2D eigenvalue weighted by atomic mass is 16.5. The zero-order valence-corrected chi connectivity index (χ0v) is 12.1. The van der Waals surface area contributed by atoms with Gasteiger partial charge in [-0.25, -0.2) is 0 Å². The standard InChI is InChI=1S/C15H24N2O2/c1-12(2)11-17(9-5-8-16)15(18)13-6-4-7-14(10-13)19-3/h4,6-7,10,12H,5,8-9,11,16H2,1-3H3. The van der Waals surface area contributed by atoms with E-state index in [1.165, 1.54) is 0 Å². The average Bonchev–Trinajstić information content (AvgIpc) is 2.42. The summed E-state index contributed by atoms with van der Waals surface area (Å²) in [6.07, 6.45) is 0.822. The molecule has 2 N–H and O–H groups in total. The van der Waals surface area contributed by atoms with Gasteiger partial charge in [0.25, 0.3) is 5.91 Å². The SMILES string of the molecule is COc1cccc(C(=O)N(CCCN)CC(C)C)c1. The van der Waals surface area contributed by atoms with Crippen LogP contribution in [0, 0.1) is 5.92 Å². The summed E-state index contributed by atoms with van der Waals surface area (Å²) in [5.74, 6) is 1.18.